The number of hydrogen-bond donors (Lipinski definition) is 1. The van der Waals surface area contributed by atoms with Crippen LogP contribution >= 0.6 is 11.8 Å². The number of thioether (sulfide) groups is 1. The lowest BCUT2D eigenvalue weighted by Gasteiger charge is -2.38. The predicted octanol–water partition coefficient (Wildman–Crippen LogP) is 3.47. The fraction of sp³-hybridized carbons (Fsp3) is 0.615. The first kappa shape index (κ1) is 15.3. The summed E-state index contributed by atoms with van der Waals surface area (Å²) in [6.07, 6.45) is -4.36. The number of aromatic nitrogens is 1. The highest BCUT2D eigenvalue weighted by Crippen LogP contribution is 2.35. The molecule has 0 spiro atoms. The summed E-state index contributed by atoms with van der Waals surface area (Å²) >= 11 is 1.84. The van der Waals surface area contributed by atoms with Crippen LogP contribution in [0.1, 0.15) is 19.4 Å². The van der Waals surface area contributed by atoms with Gasteiger partial charge in [-0.1, -0.05) is 6.92 Å². The number of halogens is 3. The minimum Gasteiger partial charge on any atom is -0.373 e. The summed E-state index contributed by atoms with van der Waals surface area (Å²) in [6.45, 7) is 4.83. The van der Waals surface area contributed by atoms with Gasteiger partial charge in [-0.3, -0.25) is 0 Å². The van der Waals surface area contributed by atoms with Crippen molar-refractivity contribution >= 4 is 23.4 Å². The Morgan fingerprint density at radius 3 is 2.65 bits per heavy atom. The Hall–Kier alpha value is -1.11. The maximum Gasteiger partial charge on any atom is 0.416 e. The normalized spacial score (nSPS) is 23.8. The molecule has 1 aliphatic heterocycles. The molecule has 0 aliphatic carbocycles. The van der Waals surface area contributed by atoms with E-state index < -0.39 is 11.7 Å². The molecule has 0 amide bonds. The van der Waals surface area contributed by atoms with Gasteiger partial charge in [-0.2, -0.15) is 24.9 Å². The Morgan fingerprint density at radius 2 is 2.05 bits per heavy atom. The third-order valence-corrected chi connectivity index (χ3v) is 4.91. The SMILES string of the molecule is CNc1cc(C(F)(F)F)cc(N2CCSC(C)C2C)n1. The molecule has 0 bridgehead atoms. The van der Waals surface area contributed by atoms with Crippen LogP contribution in [0.4, 0.5) is 24.8 Å². The summed E-state index contributed by atoms with van der Waals surface area (Å²) in [6, 6.07) is 2.34. The molecule has 0 aromatic carbocycles. The zero-order valence-corrected chi connectivity index (χ0v) is 12.5. The lowest BCUT2D eigenvalue weighted by Crippen LogP contribution is -2.45. The van der Waals surface area contributed by atoms with Crippen LogP contribution in [0.25, 0.3) is 0 Å². The molecule has 0 saturated carbocycles. The van der Waals surface area contributed by atoms with Gasteiger partial charge in [0.15, 0.2) is 0 Å². The van der Waals surface area contributed by atoms with Crippen molar-refractivity contribution in [3.8, 4) is 0 Å². The van der Waals surface area contributed by atoms with Crippen LogP contribution in [0.5, 0.6) is 0 Å². The molecule has 20 heavy (non-hydrogen) atoms. The van der Waals surface area contributed by atoms with Crippen molar-refractivity contribution in [1.29, 1.82) is 0 Å². The van der Waals surface area contributed by atoms with Gasteiger partial charge in [-0.05, 0) is 19.1 Å². The molecule has 0 radical (unpaired) electrons. The van der Waals surface area contributed by atoms with E-state index in [4.69, 9.17) is 0 Å². The molecule has 7 heteroatoms. The molecule has 2 rings (SSSR count). The van der Waals surface area contributed by atoms with Gasteiger partial charge < -0.3 is 10.2 Å². The van der Waals surface area contributed by atoms with E-state index in [-0.39, 0.29) is 11.9 Å². The molecule has 112 valence electrons. The summed E-state index contributed by atoms with van der Waals surface area (Å²) in [5, 5.41) is 3.08. The lowest BCUT2D eigenvalue weighted by atomic mass is 10.1. The van der Waals surface area contributed by atoms with E-state index in [9.17, 15) is 13.2 Å². The summed E-state index contributed by atoms with van der Waals surface area (Å²) in [7, 11) is 1.57. The first-order chi connectivity index (χ1) is 9.32. The average molecular weight is 305 g/mol. The number of anilines is 2. The topological polar surface area (TPSA) is 28.2 Å². The standard InChI is InChI=1S/C13H18F3N3S/c1-8-9(2)20-5-4-19(8)12-7-10(13(14,15)16)6-11(17-3)18-12/h6-9H,4-5H2,1-3H3,(H,17,18). The molecule has 3 nitrogen and oxygen atoms in total. The zero-order chi connectivity index (χ0) is 14.9. The second kappa shape index (κ2) is 5.71. The van der Waals surface area contributed by atoms with Gasteiger partial charge >= 0.3 is 6.18 Å². The molecule has 1 aliphatic rings. The fourth-order valence-corrected chi connectivity index (χ4v) is 3.31. The number of hydrogen-bond acceptors (Lipinski definition) is 4. The van der Waals surface area contributed by atoms with Crippen molar-refractivity contribution in [2.75, 3.05) is 29.6 Å². The van der Waals surface area contributed by atoms with Gasteiger partial charge in [0.2, 0.25) is 0 Å². The molecular formula is C13H18F3N3S. The molecule has 1 fully saturated rings. The van der Waals surface area contributed by atoms with Crippen LogP contribution in [0.2, 0.25) is 0 Å². The third-order valence-electron chi connectivity index (χ3n) is 3.57. The van der Waals surface area contributed by atoms with Gasteiger partial charge in [-0.15, -0.1) is 0 Å². The van der Waals surface area contributed by atoms with Crippen molar-refractivity contribution in [3.05, 3.63) is 17.7 Å². The number of rotatable bonds is 2. The molecular weight excluding hydrogens is 287 g/mol. The largest absolute Gasteiger partial charge is 0.416 e. The Bertz CT molecular complexity index is 478. The second-order valence-corrected chi connectivity index (χ2v) is 6.34. The first-order valence-corrected chi connectivity index (χ1v) is 7.53. The van der Waals surface area contributed by atoms with Gasteiger partial charge in [-0.25, -0.2) is 4.98 Å². The second-order valence-electron chi connectivity index (χ2n) is 4.86. The quantitative estimate of drug-likeness (QED) is 0.905. The van der Waals surface area contributed by atoms with Crippen LogP contribution in [-0.4, -0.2) is 35.6 Å². The summed E-state index contributed by atoms with van der Waals surface area (Å²) in [5.74, 6) is 1.54. The van der Waals surface area contributed by atoms with Crippen molar-refractivity contribution in [2.24, 2.45) is 0 Å². The van der Waals surface area contributed by atoms with Crippen molar-refractivity contribution in [3.63, 3.8) is 0 Å². The highest BCUT2D eigenvalue weighted by atomic mass is 32.2. The van der Waals surface area contributed by atoms with Gasteiger partial charge in [0.1, 0.15) is 11.6 Å². The zero-order valence-electron chi connectivity index (χ0n) is 11.7. The van der Waals surface area contributed by atoms with Gasteiger partial charge in [0.05, 0.1) is 5.56 Å². The predicted molar refractivity (Wildman–Crippen MR) is 77.5 cm³/mol. The van der Waals surface area contributed by atoms with E-state index in [2.05, 4.69) is 17.2 Å². The minimum atomic E-state index is -4.36. The van der Waals surface area contributed by atoms with Crippen molar-refractivity contribution in [2.45, 2.75) is 31.3 Å². The smallest absolute Gasteiger partial charge is 0.373 e. The van der Waals surface area contributed by atoms with Crippen molar-refractivity contribution in [1.82, 2.24) is 4.98 Å². The molecule has 1 saturated heterocycles. The van der Waals surface area contributed by atoms with Crippen molar-refractivity contribution < 1.29 is 13.2 Å². The van der Waals surface area contributed by atoms with E-state index in [0.29, 0.717) is 17.6 Å². The average Bonchev–Trinajstić information content (AvgIpc) is 2.40. The molecule has 1 N–H and O–H groups in total. The van der Waals surface area contributed by atoms with E-state index in [1.807, 2.05) is 23.6 Å². The molecule has 1 aromatic rings. The molecule has 2 atom stereocenters. The fourth-order valence-electron chi connectivity index (χ4n) is 2.21. The number of alkyl halides is 3. The van der Waals surface area contributed by atoms with Crippen LogP contribution in [-0.2, 0) is 6.18 Å². The summed E-state index contributed by atoms with van der Waals surface area (Å²) < 4.78 is 38.8. The lowest BCUT2D eigenvalue weighted by molar-refractivity contribution is -0.137. The van der Waals surface area contributed by atoms with E-state index in [0.717, 1.165) is 17.9 Å². The number of nitrogens with one attached hydrogen (secondary N) is 1. The molecule has 1 aromatic heterocycles. The Labute approximate surface area is 120 Å². The minimum absolute atomic E-state index is 0.162. The van der Waals surface area contributed by atoms with E-state index >= 15 is 0 Å². The molecule has 2 heterocycles. The highest BCUT2D eigenvalue weighted by Gasteiger charge is 2.33. The molecule has 2 unspecified atom stereocenters. The maximum absolute atomic E-state index is 12.9. The Balaban J connectivity index is 2.40. The summed E-state index contributed by atoms with van der Waals surface area (Å²) in [5.41, 5.74) is -0.662. The van der Waals surface area contributed by atoms with Gasteiger partial charge in [0.25, 0.3) is 0 Å². The third kappa shape index (κ3) is 3.13. The summed E-state index contributed by atoms with van der Waals surface area (Å²) in [4.78, 5) is 6.24. The highest BCUT2D eigenvalue weighted by molar-refractivity contribution is 8.00. The van der Waals surface area contributed by atoms with E-state index in [1.54, 1.807) is 7.05 Å². The van der Waals surface area contributed by atoms with Crippen LogP contribution < -0.4 is 10.2 Å². The first-order valence-electron chi connectivity index (χ1n) is 6.48. The number of nitrogens with zero attached hydrogens (tertiary/aromatic N) is 2. The Kier molecular flexibility index (Phi) is 4.36. The number of pyridine rings is 1. The monoisotopic (exact) mass is 305 g/mol. The van der Waals surface area contributed by atoms with Crippen LogP contribution in [0.15, 0.2) is 12.1 Å². The van der Waals surface area contributed by atoms with Crippen LogP contribution in [0, 0.1) is 0 Å². The van der Waals surface area contributed by atoms with Gasteiger partial charge in [0, 0.05) is 30.6 Å². The Morgan fingerprint density at radius 1 is 1.35 bits per heavy atom. The van der Waals surface area contributed by atoms with E-state index in [1.165, 1.54) is 0 Å². The van der Waals surface area contributed by atoms with Crippen LogP contribution in [0.3, 0.4) is 0 Å². The maximum atomic E-state index is 12.9.